The number of rotatable bonds is 0. The molecule has 2 aliphatic rings. The molecule has 12 heteroatoms. The van der Waals surface area contributed by atoms with Gasteiger partial charge in [0.05, 0.1) is 18.1 Å². The van der Waals surface area contributed by atoms with Crippen molar-refractivity contribution in [3.8, 4) is 22.9 Å². The molecule has 0 aliphatic carbocycles. The van der Waals surface area contributed by atoms with Gasteiger partial charge < -0.3 is 0 Å². The highest BCUT2D eigenvalue weighted by Gasteiger charge is 2.71. The lowest BCUT2D eigenvalue weighted by Gasteiger charge is -2.15. The SMILES string of the molecule is Cc1nn2c(c1C)-c1cncc[n+]1C21n2nc(C(F)(F)F)nc2-c2cncc[n+]21. The summed E-state index contributed by atoms with van der Waals surface area (Å²) in [6, 6.07) is 0. The van der Waals surface area contributed by atoms with E-state index in [1.807, 2.05) is 13.8 Å². The molecule has 4 aromatic rings. The molecule has 1 unspecified atom stereocenters. The molecule has 0 bridgehead atoms. The third-order valence-corrected chi connectivity index (χ3v) is 5.42. The summed E-state index contributed by atoms with van der Waals surface area (Å²) in [7, 11) is 0. The van der Waals surface area contributed by atoms with E-state index in [-0.39, 0.29) is 5.82 Å². The maximum absolute atomic E-state index is 13.5. The van der Waals surface area contributed by atoms with Gasteiger partial charge in [-0.15, -0.1) is 9.78 Å². The topological polar surface area (TPSA) is 82.1 Å². The Hall–Kier alpha value is -3.70. The summed E-state index contributed by atoms with van der Waals surface area (Å²) in [5.74, 6) is -2.54. The Kier molecular flexibility index (Phi) is 2.71. The Morgan fingerprint density at radius 3 is 2.28 bits per heavy atom. The van der Waals surface area contributed by atoms with Crippen molar-refractivity contribution < 1.29 is 22.3 Å². The van der Waals surface area contributed by atoms with Crippen LogP contribution in [0.25, 0.3) is 22.9 Å². The van der Waals surface area contributed by atoms with E-state index in [4.69, 9.17) is 0 Å². The quantitative estimate of drug-likeness (QED) is 0.350. The average molecular weight is 399 g/mol. The average Bonchev–Trinajstić information content (AvgIpc) is 3.39. The highest BCUT2D eigenvalue weighted by atomic mass is 19.4. The fourth-order valence-electron chi connectivity index (χ4n) is 4.13. The molecular formula is C17H12F3N9+2. The van der Waals surface area contributed by atoms with Crippen molar-refractivity contribution in [2.75, 3.05) is 0 Å². The van der Waals surface area contributed by atoms with Gasteiger partial charge in [0.1, 0.15) is 12.4 Å². The predicted molar refractivity (Wildman–Crippen MR) is 87.7 cm³/mol. The van der Waals surface area contributed by atoms with E-state index < -0.39 is 17.9 Å². The molecule has 6 heterocycles. The van der Waals surface area contributed by atoms with Crippen LogP contribution in [-0.4, -0.2) is 34.5 Å². The van der Waals surface area contributed by atoms with Gasteiger partial charge in [-0.05, 0) is 13.8 Å². The molecule has 144 valence electrons. The molecule has 29 heavy (non-hydrogen) atoms. The smallest absolute Gasteiger partial charge is 0.251 e. The lowest BCUT2D eigenvalue weighted by molar-refractivity contribution is -0.991. The van der Waals surface area contributed by atoms with Gasteiger partial charge in [-0.1, -0.05) is 13.8 Å². The highest BCUT2D eigenvalue weighted by Crippen LogP contribution is 2.39. The molecule has 9 nitrogen and oxygen atoms in total. The summed E-state index contributed by atoms with van der Waals surface area (Å²) in [4.78, 5) is 12.1. The predicted octanol–water partition coefficient (Wildman–Crippen LogP) is 0.649. The van der Waals surface area contributed by atoms with E-state index in [2.05, 4.69) is 25.1 Å². The third-order valence-electron chi connectivity index (χ3n) is 5.42. The summed E-state index contributed by atoms with van der Waals surface area (Å²) < 4.78 is 46.8. The maximum Gasteiger partial charge on any atom is 0.584 e. The van der Waals surface area contributed by atoms with E-state index in [0.717, 1.165) is 17.0 Å². The van der Waals surface area contributed by atoms with Crippen molar-refractivity contribution in [1.82, 2.24) is 34.5 Å². The van der Waals surface area contributed by atoms with Crippen molar-refractivity contribution in [3.05, 3.63) is 54.3 Å². The number of hydrogen-bond acceptors (Lipinski definition) is 5. The first-order chi connectivity index (χ1) is 13.8. The molecule has 2 aliphatic heterocycles. The molecule has 0 fully saturated rings. The van der Waals surface area contributed by atoms with Crippen LogP contribution in [0.2, 0.25) is 0 Å². The molecule has 1 spiro atoms. The number of fused-ring (bicyclic) bond motifs is 10. The highest BCUT2D eigenvalue weighted by molar-refractivity contribution is 5.59. The molecular weight excluding hydrogens is 387 g/mol. The van der Waals surface area contributed by atoms with Crippen molar-refractivity contribution >= 4 is 0 Å². The number of aryl methyl sites for hydroxylation is 1. The maximum atomic E-state index is 13.5. The van der Waals surface area contributed by atoms with Crippen molar-refractivity contribution in [1.29, 1.82) is 0 Å². The van der Waals surface area contributed by atoms with E-state index in [1.54, 1.807) is 44.8 Å². The van der Waals surface area contributed by atoms with Gasteiger partial charge in [-0.25, -0.2) is 0 Å². The number of hydrogen-bond donors (Lipinski definition) is 0. The van der Waals surface area contributed by atoms with Gasteiger partial charge in [0.2, 0.25) is 5.82 Å². The molecule has 6 rings (SSSR count). The van der Waals surface area contributed by atoms with Gasteiger partial charge in [-0.3, -0.25) is 9.97 Å². The van der Waals surface area contributed by atoms with Crippen LogP contribution in [-0.2, 0) is 12.1 Å². The number of aromatic nitrogens is 9. The lowest BCUT2D eigenvalue weighted by atomic mass is 10.2. The van der Waals surface area contributed by atoms with Gasteiger partial charge in [0.15, 0.2) is 18.1 Å². The van der Waals surface area contributed by atoms with Crippen LogP contribution in [0.3, 0.4) is 0 Å². The molecule has 0 amide bonds. The van der Waals surface area contributed by atoms with E-state index in [1.165, 1.54) is 10.9 Å². The Morgan fingerprint density at radius 2 is 1.59 bits per heavy atom. The zero-order valence-corrected chi connectivity index (χ0v) is 15.1. The minimum absolute atomic E-state index is 0.0549. The van der Waals surface area contributed by atoms with Gasteiger partial charge >= 0.3 is 12.1 Å². The van der Waals surface area contributed by atoms with Crippen LogP contribution in [0.4, 0.5) is 13.2 Å². The van der Waals surface area contributed by atoms with Gasteiger partial charge in [0.25, 0.3) is 17.2 Å². The largest absolute Gasteiger partial charge is 0.584 e. The first-order valence-corrected chi connectivity index (χ1v) is 8.69. The molecule has 0 saturated heterocycles. The van der Waals surface area contributed by atoms with Crippen molar-refractivity contribution in [2.24, 2.45) is 0 Å². The Balaban J connectivity index is 1.82. The van der Waals surface area contributed by atoms with Crippen LogP contribution in [0, 0.1) is 13.8 Å². The summed E-state index contributed by atoms with van der Waals surface area (Å²) >= 11 is 0. The van der Waals surface area contributed by atoms with Crippen molar-refractivity contribution in [2.45, 2.75) is 25.9 Å². The molecule has 4 aromatic heterocycles. The molecule has 0 saturated carbocycles. The second kappa shape index (κ2) is 4.82. The zero-order valence-electron chi connectivity index (χ0n) is 15.1. The van der Waals surface area contributed by atoms with Crippen LogP contribution in [0.5, 0.6) is 0 Å². The number of nitrogens with zero attached hydrogens (tertiary/aromatic N) is 9. The minimum Gasteiger partial charge on any atom is -0.251 e. The van der Waals surface area contributed by atoms with Gasteiger partial charge in [0, 0.05) is 5.56 Å². The zero-order chi connectivity index (χ0) is 20.1. The second-order valence-electron chi connectivity index (χ2n) is 6.90. The fourth-order valence-corrected chi connectivity index (χ4v) is 4.13. The standard InChI is InChI=1S/C17H12F3N9/c1-9-10(2)24-28-13(9)11-7-21-3-5-26(11)17(28)27-6-4-22-8-12(27)14-23-15(16(18,19)20)25-29(14)17/h3-8H,1-2H3/q+2. The lowest BCUT2D eigenvalue weighted by Crippen LogP contribution is -2.77. The first kappa shape index (κ1) is 16.3. The summed E-state index contributed by atoms with van der Waals surface area (Å²) in [6.07, 6.45) is 4.95. The Morgan fingerprint density at radius 1 is 0.931 bits per heavy atom. The summed E-state index contributed by atoms with van der Waals surface area (Å²) in [6.45, 7) is 3.77. The number of halogens is 3. The van der Waals surface area contributed by atoms with Crippen LogP contribution >= 0.6 is 0 Å². The van der Waals surface area contributed by atoms with Crippen LogP contribution in [0.1, 0.15) is 17.1 Å². The summed E-state index contributed by atoms with van der Waals surface area (Å²) in [5.41, 5.74) is 3.52. The van der Waals surface area contributed by atoms with E-state index in [9.17, 15) is 13.2 Å². The van der Waals surface area contributed by atoms with Crippen LogP contribution in [0.15, 0.2) is 37.2 Å². The molecule has 1 atom stereocenters. The molecule has 0 aromatic carbocycles. The monoisotopic (exact) mass is 399 g/mol. The van der Waals surface area contributed by atoms with E-state index in [0.29, 0.717) is 11.4 Å². The molecule has 0 radical (unpaired) electrons. The van der Waals surface area contributed by atoms with Gasteiger partial charge in [-0.2, -0.15) is 23.3 Å². The first-order valence-electron chi connectivity index (χ1n) is 8.69. The van der Waals surface area contributed by atoms with Crippen molar-refractivity contribution in [3.63, 3.8) is 0 Å². The van der Waals surface area contributed by atoms with Crippen LogP contribution < -0.4 is 9.13 Å². The fraction of sp³-hybridized carbons (Fsp3) is 0.235. The minimum atomic E-state index is -4.69. The summed E-state index contributed by atoms with van der Waals surface area (Å²) in [5, 5.41) is 8.55. The normalized spacial score (nSPS) is 18.7. The Labute approximate surface area is 160 Å². The number of alkyl halides is 3. The Bertz CT molecular complexity index is 1340. The second-order valence-corrected chi connectivity index (χ2v) is 6.90. The molecule has 0 N–H and O–H groups in total. The van der Waals surface area contributed by atoms with E-state index >= 15 is 0 Å². The third kappa shape index (κ3) is 1.70.